The molecule has 1 atom stereocenters. The van der Waals surface area contributed by atoms with Gasteiger partial charge in [-0.15, -0.1) is 0 Å². The molecule has 1 amide bonds. The third-order valence-corrected chi connectivity index (χ3v) is 4.22. The summed E-state index contributed by atoms with van der Waals surface area (Å²) in [5.74, 6) is 1.02. The van der Waals surface area contributed by atoms with Crippen LogP contribution >= 0.6 is 0 Å². The first-order chi connectivity index (χ1) is 12.5. The molecule has 2 aromatic rings. The summed E-state index contributed by atoms with van der Waals surface area (Å²) in [6.45, 7) is 6.85. The number of benzene rings is 2. The Bertz CT molecular complexity index is 714. The number of carbonyl (C=O) groups is 1. The van der Waals surface area contributed by atoms with Crippen LogP contribution in [0.1, 0.15) is 31.4 Å². The first-order valence-corrected chi connectivity index (χ1v) is 8.92. The van der Waals surface area contributed by atoms with Crippen LogP contribution < -0.4 is 20.1 Å². The molecule has 5 nitrogen and oxygen atoms in total. The molecule has 0 radical (unpaired) electrons. The van der Waals surface area contributed by atoms with Crippen molar-refractivity contribution in [1.29, 1.82) is 0 Å². The smallest absolute Gasteiger partial charge is 0.262 e. The van der Waals surface area contributed by atoms with E-state index in [-0.39, 0.29) is 12.5 Å². The second-order valence-electron chi connectivity index (χ2n) is 6.34. The fourth-order valence-electron chi connectivity index (χ4n) is 2.43. The molecule has 0 aliphatic heterocycles. The summed E-state index contributed by atoms with van der Waals surface area (Å²) in [7, 11) is 1.60. The molecule has 2 aromatic carbocycles. The first-order valence-electron chi connectivity index (χ1n) is 8.92. The molecule has 0 aliphatic rings. The predicted molar refractivity (Wildman–Crippen MR) is 105 cm³/mol. The van der Waals surface area contributed by atoms with Crippen molar-refractivity contribution in [2.24, 2.45) is 0 Å². The number of hydrogen-bond donors (Lipinski definition) is 2. The molecule has 0 unspecified atom stereocenters. The second-order valence-corrected chi connectivity index (χ2v) is 6.34. The molecule has 0 aromatic heterocycles. The molecule has 140 valence electrons. The number of rotatable bonds is 9. The standard InChI is InChI=1S/C21H28N2O3/c1-5-16(3)22-13-17-7-6-8-19(25-4)21(17)26-14-20(24)23-18-11-9-15(2)10-12-18/h6-12,16,22H,5,13-14H2,1-4H3,(H,23,24)/t16-/m0/s1. The summed E-state index contributed by atoms with van der Waals surface area (Å²) in [6, 6.07) is 13.8. The quantitative estimate of drug-likeness (QED) is 0.715. The summed E-state index contributed by atoms with van der Waals surface area (Å²) >= 11 is 0. The molecule has 2 rings (SSSR count). The lowest BCUT2D eigenvalue weighted by atomic mass is 10.1. The zero-order valence-corrected chi connectivity index (χ0v) is 16.0. The lowest BCUT2D eigenvalue weighted by Gasteiger charge is -2.17. The van der Waals surface area contributed by atoms with Gasteiger partial charge in [0, 0.05) is 23.8 Å². The van der Waals surface area contributed by atoms with Crippen molar-refractivity contribution >= 4 is 11.6 Å². The average Bonchev–Trinajstić information content (AvgIpc) is 2.66. The van der Waals surface area contributed by atoms with E-state index in [0.717, 1.165) is 23.2 Å². The van der Waals surface area contributed by atoms with Gasteiger partial charge in [0.05, 0.1) is 7.11 Å². The van der Waals surface area contributed by atoms with Gasteiger partial charge in [0.2, 0.25) is 0 Å². The molecule has 0 bridgehead atoms. The van der Waals surface area contributed by atoms with Gasteiger partial charge in [0.25, 0.3) is 5.91 Å². The zero-order valence-electron chi connectivity index (χ0n) is 16.0. The van der Waals surface area contributed by atoms with E-state index in [1.54, 1.807) is 7.11 Å². The van der Waals surface area contributed by atoms with Crippen molar-refractivity contribution in [3.8, 4) is 11.5 Å². The molecule has 5 heteroatoms. The van der Waals surface area contributed by atoms with Gasteiger partial charge in [-0.1, -0.05) is 36.8 Å². The minimum atomic E-state index is -0.208. The first kappa shape index (κ1) is 19.8. The maximum absolute atomic E-state index is 12.2. The normalized spacial score (nSPS) is 11.7. The van der Waals surface area contributed by atoms with Crippen molar-refractivity contribution < 1.29 is 14.3 Å². The molecule has 0 spiro atoms. The highest BCUT2D eigenvalue weighted by atomic mass is 16.5. The number of amides is 1. The Morgan fingerprint density at radius 1 is 1.15 bits per heavy atom. The summed E-state index contributed by atoms with van der Waals surface area (Å²) < 4.78 is 11.2. The van der Waals surface area contributed by atoms with Crippen LogP contribution in [0.25, 0.3) is 0 Å². The third kappa shape index (κ3) is 5.77. The number of para-hydroxylation sites is 1. The van der Waals surface area contributed by atoms with Gasteiger partial charge in [-0.25, -0.2) is 0 Å². The maximum atomic E-state index is 12.2. The average molecular weight is 356 g/mol. The highest BCUT2D eigenvalue weighted by molar-refractivity contribution is 5.91. The number of ether oxygens (including phenoxy) is 2. The zero-order chi connectivity index (χ0) is 18.9. The Kier molecular flexibility index (Phi) is 7.48. The van der Waals surface area contributed by atoms with E-state index >= 15 is 0 Å². The summed E-state index contributed by atoms with van der Waals surface area (Å²) in [4.78, 5) is 12.2. The fourth-order valence-corrected chi connectivity index (χ4v) is 2.43. The Balaban J connectivity index is 2.02. The van der Waals surface area contributed by atoms with E-state index in [9.17, 15) is 4.79 Å². The van der Waals surface area contributed by atoms with Gasteiger partial charge in [0.1, 0.15) is 0 Å². The highest BCUT2D eigenvalue weighted by Crippen LogP contribution is 2.31. The maximum Gasteiger partial charge on any atom is 0.262 e. The Morgan fingerprint density at radius 3 is 2.54 bits per heavy atom. The monoisotopic (exact) mass is 356 g/mol. The molecule has 0 aliphatic carbocycles. The highest BCUT2D eigenvalue weighted by Gasteiger charge is 2.13. The number of nitrogens with one attached hydrogen (secondary N) is 2. The van der Waals surface area contributed by atoms with Crippen LogP contribution in [0.5, 0.6) is 11.5 Å². The molecule has 0 heterocycles. The number of anilines is 1. The number of aryl methyl sites for hydroxylation is 1. The van der Waals surface area contributed by atoms with E-state index in [0.29, 0.717) is 24.1 Å². The van der Waals surface area contributed by atoms with E-state index in [1.165, 1.54) is 0 Å². The van der Waals surface area contributed by atoms with E-state index < -0.39 is 0 Å². The fraction of sp³-hybridized carbons (Fsp3) is 0.381. The van der Waals surface area contributed by atoms with Gasteiger partial charge in [-0.3, -0.25) is 4.79 Å². The lowest BCUT2D eigenvalue weighted by molar-refractivity contribution is -0.118. The van der Waals surface area contributed by atoms with Crippen LogP contribution in [-0.2, 0) is 11.3 Å². The minimum Gasteiger partial charge on any atom is -0.493 e. The van der Waals surface area contributed by atoms with Crippen LogP contribution in [0.4, 0.5) is 5.69 Å². The van der Waals surface area contributed by atoms with Crippen molar-refractivity contribution in [2.75, 3.05) is 19.0 Å². The summed E-state index contributed by atoms with van der Waals surface area (Å²) in [5.41, 5.74) is 2.86. The molecule has 0 fully saturated rings. The summed E-state index contributed by atoms with van der Waals surface area (Å²) in [6.07, 6.45) is 1.04. The van der Waals surface area contributed by atoms with E-state index in [1.807, 2.05) is 49.4 Å². The lowest BCUT2D eigenvalue weighted by Crippen LogP contribution is -2.25. The SMILES string of the molecule is CC[C@H](C)NCc1cccc(OC)c1OCC(=O)Nc1ccc(C)cc1. The number of methoxy groups -OCH3 is 1. The molecule has 2 N–H and O–H groups in total. The van der Waals surface area contributed by atoms with Crippen molar-refractivity contribution in [1.82, 2.24) is 5.32 Å². The predicted octanol–water partition coefficient (Wildman–Crippen LogP) is 3.91. The number of carbonyl (C=O) groups excluding carboxylic acids is 1. The Hall–Kier alpha value is -2.53. The van der Waals surface area contributed by atoms with Crippen LogP contribution in [0, 0.1) is 6.92 Å². The van der Waals surface area contributed by atoms with Crippen molar-refractivity contribution in [2.45, 2.75) is 39.8 Å². The second kappa shape index (κ2) is 9.82. The largest absolute Gasteiger partial charge is 0.493 e. The minimum absolute atomic E-state index is 0.0788. The van der Waals surface area contributed by atoms with Gasteiger partial charge < -0.3 is 20.1 Å². The molecule has 26 heavy (non-hydrogen) atoms. The Labute approximate surface area is 155 Å². The van der Waals surface area contributed by atoms with E-state index in [2.05, 4.69) is 24.5 Å². The van der Waals surface area contributed by atoms with Crippen molar-refractivity contribution in [3.63, 3.8) is 0 Å². The molecule has 0 saturated heterocycles. The Morgan fingerprint density at radius 2 is 1.88 bits per heavy atom. The van der Waals surface area contributed by atoms with Gasteiger partial charge in [0.15, 0.2) is 18.1 Å². The third-order valence-electron chi connectivity index (χ3n) is 4.22. The molecular formula is C21H28N2O3. The van der Waals surface area contributed by atoms with Crippen molar-refractivity contribution in [3.05, 3.63) is 53.6 Å². The van der Waals surface area contributed by atoms with Crippen LogP contribution in [0.3, 0.4) is 0 Å². The van der Waals surface area contributed by atoms with Crippen LogP contribution in [0.2, 0.25) is 0 Å². The molecule has 0 saturated carbocycles. The summed E-state index contributed by atoms with van der Waals surface area (Å²) in [5, 5.41) is 6.27. The molecular weight excluding hydrogens is 328 g/mol. The van der Waals surface area contributed by atoms with Gasteiger partial charge >= 0.3 is 0 Å². The van der Waals surface area contributed by atoms with Gasteiger partial charge in [-0.2, -0.15) is 0 Å². The topological polar surface area (TPSA) is 59.6 Å². The van der Waals surface area contributed by atoms with Gasteiger partial charge in [-0.05, 0) is 38.5 Å². The van der Waals surface area contributed by atoms with E-state index in [4.69, 9.17) is 9.47 Å². The van der Waals surface area contributed by atoms with Crippen LogP contribution in [0.15, 0.2) is 42.5 Å². The van der Waals surface area contributed by atoms with Crippen LogP contribution in [-0.4, -0.2) is 25.7 Å². The number of hydrogen-bond acceptors (Lipinski definition) is 4.